The molecule has 0 atom stereocenters. The maximum Gasteiger partial charge on any atom is 0.321 e. The van der Waals surface area contributed by atoms with Crippen LogP contribution in [0.5, 0.6) is 0 Å². The third kappa shape index (κ3) is 4.28. The summed E-state index contributed by atoms with van der Waals surface area (Å²) in [6, 6.07) is 6.94. The van der Waals surface area contributed by atoms with E-state index in [0.717, 1.165) is 14.2 Å². The minimum Gasteiger partial charge on any atom is -0.468 e. The SMILES string of the molecule is COC(=O)CN(CC(=O)OC)S(=O)(=O)c1ccc(C#N)cc1. The van der Waals surface area contributed by atoms with Gasteiger partial charge >= 0.3 is 11.9 Å². The van der Waals surface area contributed by atoms with Crippen LogP contribution >= 0.6 is 0 Å². The Bertz CT molecular complexity index is 672. The molecule has 0 spiro atoms. The average Bonchev–Trinajstić information content (AvgIpc) is 2.53. The molecule has 0 aliphatic carbocycles. The van der Waals surface area contributed by atoms with Gasteiger partial charge in [0.05, 0.1) is 30.7 Å². The molecular formula is C13H14N2O6S. The molecule has 0 fully saturated rings. The molecule has 0 amide bonds. The van der Waals surface area contributed by atoms with Crippen LogP contribution in [-0.2, 0) is 29.1 Å². The van der Waals surface area contributed by atoms with Gasteiger partial charge in [-0.3, -0.25) is 9.59 Å². The number of methoxy groups -OCH3 is 2. The summed E-state index contributed by atoms with van der Waals surface area (Å²) in [4.78, 5) is 22.5. The lowest BCUT2D eigenvalue weighted by molar-refractivity contribution is -0.143. The first-order chi connectivity index (χ1) is 10.3. The van der Waals surface area contributed by atoms with Gasteiger partial charge < -0.3 is 9.47 Å². The third-order valence-electron chi connectivity index (χ3n) is 2.69. The Hall–Kier alpha value is -2.44. The van der Waals surface area contributed by atoms with Gasteiger partial charge in [-0.1, -0.05) is 0 Å². The van der Waals surface area contributed by atoms with Crippen molar-refractivity contribution in [3.63, 3.8) is 0 Å². The van der Waals surface area contributed by atoms with Gasteiger partial charge in [0.1, 0.15) is 13.1 Å². The molecule has 0 radical (unpaired) electrons. The molecule has 0 aliphatic rings. The predicted molar refractivity (Wildman–Crippen MR) is 73.9 cm³/mol. The number of nitriles is 1. The number of benzene rings is 1. The second-order valence-corrected chi connectivity index (χ2v) is 6.00. The molecule has 0 N–H and O–H groups in total. The van der Waals surface area contributed by atoms with Crippen molar-refractivity contribution in [1.29, 1.82) is 5.26 Å². The van der Waals surface area contributed by atoms with Gasteiger partial charge in [0, 0.05) is 0 Å². The smallest absolute Gasteiger partial charge is 0.321 e. The van der Waals surface area contributed by atoms with Crippen molar-refractivity contribution in [1.82, 2.24) is 4.31 Å². The second-order valence-electron chi connectivity index (χ2n) is 4.06. The zero-order valence-electron chi connectivity index (χ0n) is 12.0. The fourth-order valence-corrected chi connectivity index (χ4v) is 2.82. The first-order valence-corrected chi connectivity index (χ1v) is 7.43. The summed E-state index contributed by atoms with van der Waals surface area (Å²) in [5.41, 5.74) is 0.284. The van der Waals surface area contributed by atoms with E-state index in [4.69, 9.17) is 5.26 Å². The molecule has 1 aromatic rings. The number of carbonyl (C=O) groups is 2. The van der Waals surface area contributed by atoms with E-state index in [9.17, 15) is 18.0 Å². The number of hydrogen-bond acceptors (Lipinski definition) is 7. The number of nitrogens with zero attached hydrogens (tertiary/aromatic N) is 2. The minimum absolute atomic E-state index is 0.153. The van der Waals surface area contributed by atoms with Gasteiger partial charge in [0.15, 0.2) is 0 Å². The summed E-state index contributed by atoms with van der Waals surface area (Å²) < 4.78 is 34.4. The van der Waals surface area contributed by atoms with E-state index in [1.54, 1.807) is 0 Å². The van der Waals surface area contributed by atoms with Gasteiger partial charge in [-0.25, -0.2) is 8.42 Å². The molecule has 0 aromatic heterocycles. The van der Waals surface area contributed by atoms with Gasteiger partial charge in [-0.15, -0.1) is 0 Å². The fourth-order valence-electron chi connectivity index (χ4n) is 1.49. The lowest BCUT2D eigenvalue weighted by atomic mass is 10.2. The number of hydrogen-bond donors (Lipinski definition) is 0. The van der Waals surface area contributed by atoms with Gasteiger partial charge in [-0.05, 0) is 24.3 Å². The Balaban J connectivity index is 3.15. The molecule has 1 rings (SSSR count). The van der Waals surface area contributed by atoms with E-state index >= 15 is 0 Å². The van der Waals surface area contributed by atoms with E-state index < -0.39 is 35.1 Å². The monoisotopic (exact) mass is 326 g/mol. The Kier molecular flexibility index (Phi) is 6.03. The zero-order valence-corrected chi connectivity index (χ0v) is 12.8. The van der Waals surface area contributed by atoms with E-state index in [0.29, 0.717) is 4.31 Å². The number of sulfonamides is 1. The normalized spacial score (nSPS) is 10.8. The molecule has 0 bridgehead atoms. The van der Waals surface area contributed by atoms with E-state index in [1.165, 1.54) is 24.3 Å². The van der Waals surface area contributed by atoms with Crippen LogP contribution < -0.4 is 0 Å². The zero-order chi connectivity index (χ0) is 16.8. The average molecular weight is 326 g/mol. The van der Waals surface area contributed by atoms with Crippen molar-refractivity contribution in [2.45, 2.75) is 4.90 Å². The standard InChI is InChI=1S/C13H14N2O6S/c1-20-12(16)8-15(9-13(17)21-2)22(18,19)11-5-3-10(7-14)4-6-11/h3-6H,8-9H2,1-2H3. The second kappa shape index (κ2) is 7.53. The Labute approximate surface area is 127 Å². The fraction of sp³-hybridized carbons (Fsp3) is 0.308. The highest BCUT2D eigenvalue weighted by atomic mass is 32.2. The summed E-state index contributed by atoms with van der Waals surface area (Å²) in [7, 11) is -1.91. The Morgan fingerprint density at radius 3 is 1.91 bits per heavy atom. The lowest BCUT2D eigenvalue weighted by Gasteiger charge is -2.19. The molecule has 0 saturated carbocycles. The highest BCUT2D eigenvalue weighted by Crippen LogP contribution is 2.16. The number of rotatable bonds is 6. The van der Waals surface area contributed by atoms with E-state index in [1.807, 2.05) is 6.07 Å². The van der Waals surface area contributed by atoms with Crippen LogP contribution in [0.1, 0.15) is 5.56 Å². The molecule has 118 valence electrons. The first kappa shape index (κ1) is 17.6. The van der Waals surface area contributed by atoms with Gasteiger partial charge in [0.2, 0.25) is 10.0 Å². The molecule has 22 heavy (non-hydrogen) atoms. The lowest BCUT2D eigenvalue weighted by Crippen LogP contribution is -2.40. The van der Waals surface area contributed by atoms with Crippen LogP contribution in [0.2, 0.25) is 0 Å². The van der Waals surface area contributed by atoms with Crippen LogP contribution in [0.3, 0.4) is 0 Å². The quantitative estimate of drug-likeness (QED) is 0.670. The molecule has 0 saturated heterocycles. The molecule has 0 aliphatic heterocycles. The molecule has 8 nitrogen and oxygen atoms in total. The highest BCUT2D eigenvalue weighted by Gasteiger charge is 2.29. The maximum absolute atomic E-state index is 12.5. The summed E-state index contributed by atoms with van der Waals surface area (Å²) >= 11 is 0. The third-order valence-corrected chi connectivity index (χ3v) is 4.49. The molecular weight excluding hydrogens is 312 g/mol. The Morgan fingerprint density at radius 2 is 1.55 bits per heavy atom. The largest absolute Gasteiger partial charge is 0.468 e. The summed E-state index contributed by atoms with van der Waals surface area (Å²) in [6.07, 6.45) is 0. The summed E-state index contributed by atoms with van der Waals surface area (Å²) in [5, 5.41) is 8.71. The highest BCUT2D eigenvalue weighted by molar-refractivity contribution is 7.89. The summed E-state index contributed by atoms with van der Waals surface area (Å²) in [5.74, 6) is -1.64. The van der Waals surface area contributed by atoms with Gasteiger partial charge in [0.25, 0.3) is 0 Å². The van der Waals surface area contributed by atoms with Crippen LogP contribution in [0.25, 0.3) is 0 Å². The maximum atomic E-state index is 12.5. The molecule has 9 heteroatoms. The van der Waals surface area contributed by atoms with Crippen molar-refractivity contribution in [3.05, 3.63) is 29.8 Å². The number of esters is 2. The minimum atomic E-state index is -4.11. The molecule has 0 unspecified atom stereocenters. The Morgan fingerprint density at radius 1 is 1.09 bits per heavy atom. The van der Waals surface area contributed by atoms with Crippen molar-refractivity contribution < 1.29 is 27.5 Å². The van der Waals surface area contributed by atoms with Crippen molar-refractivity contribution in [2.75, 3.05) is 27.3 Å². The summed E-state index contributed by atoms with van der Waals surface area (Å²) in [6.45, 7) is -1.26. The van der Waals surface area contributed by atoms with Crippen LogP contribution in [0, 0.1) is 11.3 Å². The number of ether oxygens (including phenoxy) is 2. The van der Waals surface area contributed by atoms with Crippen LogP contribution in [-0.4, -0.2) is 52.0 Å². The van der Waals surface area contributed by atoms with Crippen molar-refractivity contribution in [2.24, 2.45) is 0 Å². The van der Waals surface area contributed by atoms with Crippen molar-refractivity contribution in [3.8, 4) is 6.07 Å². The van der Waals surface area contributed by atoms with Crippen LogP contribution in [0.4, 0.5) is 0 Å². The molecule has 0 heterocycles. The van der Waals surface area contributed by atoms with Crippen LogP contribution in [0.15, 0.2) is 29.2 Å². The van der Waals surface area contributed by atoms with Gasteiger partial charge in [-0.2, -0.15) is 9.57 Å². The first-order valence-electron chi connectivity index (χ1n) is 5.99. The molecule has 1 aromatic carbocycles. The van der Waals surface area contributed by atoms with E-state index in [2.05, 4.69) is 9.47 Å². The predicted octanol–water partition coefficient (Wildman–Crippen LogP) is -0.105. The van der Waals surface area contributed by atoms with E-state index in [-0.39, 0.29) is 10.5 Å². The number of carbonyl (C=O) groups excluding carboxylic acids is 2. The van der Waals surface area contributed by atoms with Crippen molar-refractivity contribution >= 4 is 22.0 Å². The topological polar surface area (TPSA) is 114 Å².